The third-order valence-corrected chi connectivity index (χ3v) is 3.40. The van der Waals surface area contributed by atoms with E-state index in [1.807, 2.05) is 0 Å². The summed E-state index contributed by atoms with van der Waals surface area (Å²) >= 11 is 0. The molecule has 1 amide bonds. The highest BCUT2D eigenvalue weighted by atomic mass is 19.4. The lowest BCUT2D eigenvalue weighted by molar-refractivity contribution is -0.185. The van der Waals surface area contributed by atoms with E-state index in [1.54, 1.807) is 0 Å². The number of anilines is 1. The summed E-state index contributed by atoms with van der Waals surface area (Å²) in [5, 5.41) is 8.48. The number of alkyl halides is 3. The molecule has 0 aromatic carbocycles. The molecule has 0 spiro atoms. The van der Waals surface area contributed by atoms with Gasteiger partial charge in [-0.1, -0.05) is 6.42 Å². The van der Waals surface area contributed by atoms with Crippen LogP contribution < -0.4 is 10.1 Å². The lowest BCUT2D eigenvalue weighted by Crippen LogP contribution is -2.34. The second-order valence-corrected chi connectivity index (χ2v) is 4.76. The molecular formula is C11H15F3N4O2. The standard InChI is InChI=1S/C11H15F3N4O2/c1-20-10-16-9(17-18-10)15-8(19)6-3-2-4-7(5-6)11(12,13)14/h6-7H,2-5H2,1H3,(H2,15,16,17,18,19). The molecule has 0 aliphatic heterocycles. The first-order valence-corrected chi connectivity index (χ1v) is 6.24. The minimum Gasteiger partial charge on any atom is -0.466 e. The number of carbonyl (C=O) groups is 1. The molecule has 1 aliphatic carbocycles. The molecule has 2 unspecified atom stereocenters. The van der Waals surface area contributed by atoms with Crippen molar-refractivity contribution in [2.75, 3.05) is 12.4 Å². The van der Waals surface area contributed by atoms with E-state index >= 15 is 0 Å². The summed E-state index contributed by atoms with van der Waals surface area (Å²) in [6.07, 6.45) is -3.50. The van der Waals surface area contributed by atoms with Crippen LogP contribution in [0.25, 0.3) is 0 Å². The van der Waals surface area contributed by atoms with Crippen molar-refractivity contribution < 1.29 is 22.7 Å². The van der Waals surface area contributed by atoms with E-state index in [0.29, 0.717) is 12.8 Å². The van der Waals surface area contributed by atoms with Gasteiger partial charge >= 0.3 is 12.2 Å². The maximum Gasteiger partial charge on any atom is 0.391 e. The first-order chi connectivity index (χ1) is 9.40. The van der Waals surface area contributed by atoms with E-state index in [4.69, 9.17) is 4.74 Å². The van der Waals surface area contributed by atoms with E-state index in [1.165, 1.54) is 7.11 Å². The van der Waals surface area contributed by atoms with Crippen molar-refractivity contribution in [2.24, 2.45) is 11.8 Å². The number of halogens is 3. The van der Waals surface area contributed by atoms with Gasteiger partial charge in [0.2, 0.25) is 11.9 Å². The molecule has 1 saturated carbocycles. The van der Waals surface area contributed by atoms with Gasteiger partial charge in [-0.3, -0.25) is 10.1 Å². The Kier molecular flexibility index (Phi) is 4.15. The van der Waals surface area contributed by atoms with Crippen LogP contribution in [0.1, 0.15) is 25.7 Å². The van der Waals surface area contributed by atoms with Gasteiger partial charge in [0.15, 0.2) is 0 Å². The van der Waals surface area contributed by atoms with Crippen LogP contribution in [-0.2, 0) is 4.79 Å². The van der Waals surface area contributed by atoms with E-state index < -0.39 is 23.9 Å². The number of hydrogen-bond acceptors (Lipinski definition) is 4. The molecule has 1 heterocycles. The third-order valence-electron chi connectivity index (χ3n) is 3.40. The van der Waals surface area contributed by atoms with Crippen LogP contribution in [0.15, 0.2) is 0 Å². The normalized spacial score (nSPS) is 23.4. The molecule has 2 N–H and O–H groups in total. The zero-order valence-corrected chi connectivity index (χ0v) is 10.8. The first-order valence-electron chi connectivity index (χ1n) is 6.24. The fourth-order valence-electron chi connectivity index (χ4n) is 2.34. The number of hydrogen-bond donors (Lipinski definition) is 2. The smallest absolute Gasteiger partial charge is 0.391 e. The quantitative estimate of drug-likeness (QED) is 0.894. The molecule has 2 atom stereocenters. The maximum atomic E-state index is 12.7. The van der Waals surface area contributed by atoms with Crippen LogP contribution in [-0.4, -0.2) is 34.4 Å². The molecule has 1 aromatic heterocycles. The molecule has 9 heteroatoms. The summed E-state index contributed by atoms with van der Waals surface area (Å²) in [5.41, 5.74) is 0. The highest BCUT2D eigenvalue weighted by Gasteiger charge is 2.43. The zero-order chi connectivity index (χ0) is 14.8. The Hall–Kier alpha value is -1.80. The number of carbonyl (C=O) groups excluding carboxylic acids is 1. The molecule has 1 fully saturated rings. The molecule has 0 radical (unpaired) electrons. The number of amides is 1. The van der Waals surface area contributed by atoms with Crippen molar-refractivity contribution in [1.82, 2.24) is 15.2 Å². The van der Waals surface area contributed by atoms with Gasteiger partial charge in [-0.05, 0) is 19.3 Å². The summed E-state index contributed by atoms with van der Waals surface area (Å²) in [6, 6.07) is 0.0529. The number of nitrogens with one attached hydrogen (secondary N) is 2. The number of H-pyrrole nitrogens is 1. The molecule has 0 bridgehead atoms. The fourth-order valence-corrected chi connectivity index (χ4v) is 2.34. The molecular weight excluding hydrogens is 277 g/mol. The average molecular weight is 292 g/mol. The van der Waals surface area contributed by atoms with Gasteiger partial charge in [0.05, 0.1) is 13.0 Å². The second-order valence-electron chi connectivity index (χ2n) is 4.76. The number of nitrogens with zero attached hydrogens (tertiary/aromatic N) is 2. The number of rotatable bonds is 3. The number of aromatic amines is 1. The van der Waals surface area contributed by atoms with Gasteiger partial charge in [-0.15, -0.1) is 5.10 Å². The van der Waals surface area contributed by atoms with E-state index in [0.717, 1.165) is 0 Å². The number of ether oxygens (including phenoxy) is 1. The van der Waals surface area contributed by atoms with Crippen molar-refractivity contribution in [1.29, 1.82) is 0 Å². The fraction of sp³-hybridized carbons (Fsp3) is 0.727. The van der Waals surface area contributed by atoms with Crippen LogP contribution >= 0.6 is 0 Å². The van der Waals surface area contributed by atoms with Gasteiger partial charge in [0.1, 0.15) is 0 Å². The monoisotopic (exact) mass is 292 g/mol. The molecule has 2 rings (SSSR count). The van der Waals surface area contributed by atoms with Crippen LogP contribution in [0.5, 0.6) is 6.01 Å². The van der Waals surface area contributed by atoms with Crippen LogP contribution in [0, 0.1) is 11.8 Å². The van der Waals surface area contributed by atoms with Crippen LogP contribution in [0.2, 0.25) is 0 Å². The highest BCUT2D eigenvalue weighted by Crippen LogP contribution is 2.40. The minimum absolute atomic E-state index is 0.0529. The summed E-state index contributed by atoms with van der Waals surface area (Å²) in [7, 11) is 1.36. The van der Waals surface area contributed by atoms with Crippen molar-refractivity contribution in [3.63, 3.8) is 0 Å². The van der Waals surface area contributed by atoms with Crippen molar-refractivity contribution in [3.8, 4) is 6.01 Å². The third kappa shape index (κ3) is 3.40. The second kappa shape index (κ2) is 5.68. The van der Waals surface area contributed by atoms with E-state index in [9.17, 15) is 18.0 Å². The Morgan fingerprint density at radius 3 is 2.80 bits per heavy atom. The van der Waals surface area contributed by atoms with Crippen molar-refractivity contribution in [2.45, 2.75) is 31.9 Å². The van der Waals surface area contributed by atoms with Gasteiger partial charge < -0.3 is 4.74 Å². The molecule has 112 valence electrons. The zero-order valence-electron chi connectivity index (χ0n) is 10.8. The Labute approximate surface area is 113 Å². The Morgan fingerprint density at radius 2 is 2.20 bits per heavy atom. The SMILES string of the molecule is COc1n[nH]c(NC(=O)C2CCCC(C(F)(F)F)C2)n1. The Bertz CT molecular complexity index is 474. The molecule has 20 heavy (non-hydrogen) atoms. The molecule has 6 nitrogen and oxygen atoms in total. The predicted molar refractivity (Wildman–Crippen MR) is 63.1 cm³/mol. The average Bonchev–Trinajstić information content (AvgIpc) is 2.85. The van der Waals surface area contributed by atoms with Gasteiger partial charge in [0.25, 0.3) is 0 Å². The lowest BCUT2D eigenvalue weighted by atomic mass is 9.80. The number of methoxy groups -OCH3 is 1. The largest absolute Gasteiger partial charge is 0.466 e. The predicted octanol–water partition coefficient (Wildman–Crippen LogP) is 2.12. The number of aromatic nitrogens is 3. The summed E-state index contributed by atoms with van der Waals surface area (Å²) in [6.45, 7) is 0. The first kappa shape index (κ1) is 14.6. The van der Waals surface area contributed by atoms with Gasteiger partial charge in [-0.2, -0.15) is 18.2 Å². The molecule has 1 aromatic rings. The highest BCUT2D eigenvalue weighted by molar-refractivity contribution is 5.90. The van der Waals surface area contributed by atoms with E-state index in [2.05, 4.69) is 20.5 Å². The van der Waals surface area contributed by atoms with Crippen molar-refractivity contribution in [3.05, 3.63) is 0 Å². The van der Waals surface area contributed by atoms with Crippen LogP contribution in [0.3, 0.4) is 0 Å². The van der Waals surface area contributed by atoms with Gasteiger partial charge in [0, 0.05) is 5.92 Å². The van der Waals surface area contributed by atoms with E-state index in [-0.39, 0.29) is 24.8 Å². The Balaban J connectivity index is 1.95. The summed E-state index contributed by atoms with van der Waals surface area (Å²) in [5.74, 6) is -2.47. The lowest BCUT2D eigenvalue weighted by Gasteiger charge is -2.29. The summed E-state index contributed by atoms with van der Waals surface area (Å²) in [4.78, 5) is 15.7. The van der Waals surface area contributed by atoms with Crippen molar-refractivity contribution >= 4 is 11.9 Å². The summed E-state index contributed by atoms with van der Waals surface area (Å²) < 4.78 is 42.8. The van der Waals surface area contributed by atoms with Crippen LogP contribution in [0.4, 0.5) is 19.1 Å². The maximum absolute atomic E-state index is 12.7. The molecule has 1 aliphatic rings. The van der Waals surface area contributed by atoms with Gasteiger partial charge in [-0.25, -0.2) is 5.10 Å². The topological polar surface area (TPSA) is 79.9 Å². The Morgan fingerprint density at radius 1 is 1.45 bits per heavy atom. The molecule has 0 saturated heterocycles. The minimum atomic E-state index is -4.24.